The lowest BCUT2D eigenvalue weighted by atomic mass is 9.95. The summed E-state index contributed by atoms with van der Waals surface area (Å²) in [4.78, 5) is 0. The molecule has 0 bridgehead atoms. The Bertz CT molecular complexity index is 1050. The Hall–Kier alpha value is -2.94. The van der Waals surface area contributed by atoms with Gasteiger partial charge in [0.25, 0.3) is 5.69 Å². The van der Waals surface area contributed by atoms with Gasteiger partial charge in [0.1, 0.15) is 0 Å². The van der Waals surface area contributed by atoms with Gasteiger partial charge in [0.2, 0.25) is 5.69 Å². The second-order valence-corrected chi connectivity index (χ2v) is 6.12. The second kappa shape index (κ2) is 5.60. The average Bonchev–Trinajstić information content (AvgIpc) is 3.01. The van der Waals surface area contributed by atoms with Crippen molar-refractivity contribution in [3.8, 4) is 16.9 Å². The fraction of sp³-hybridized carbons (Fsp3) is 0.143. The monoisotopic (exact) mass is 316 g/mol. The summed E-state index contributed by atoms with van der Waals surface area (Å²) in [5, 5.41) is 2.47. The van der Waals surface area contributed by atoms with Crippen molar-refractivity contribution >= 4 is 10.8 Å². The molecule has 0 atom stereocenters. The number of benzene rings is 2. The van der Waals surface area contributed by atoms with Crippen LogP contribution in [-0.4, -0.2) is 0 Å². The Kier molecular flexibility index (Phi) is 3.42. The highest BCUT2D eigenvalue weighted by molar-refractivity contribution is 5.98. The summed E-state index contributed by atoms with van der Waals surface area (Å²) in [5.41, 5.74) is 5.95. The fourth-order valence-corrected chi connectivity index (χ4v) is 3.40. The van der Waals surface area contributed by atoms with E-state index in [0.717, 1.165) is 5.69 Å². The molecule has 0 amide bonds. The minimum atomic E-state index is 1.08. The number of nitrogens with zero attached hydrogens (tertiary/aromatic N) is 2. The van der Waals surface area contributed by atoms with Crippen LogP contribution in [-0.2, 0) is 7.05 Å². The molecule has 3 heteroatoms. The number of pyridine rings is 1. The maximum absolute atomic E-state index is 5.50. The van der Waals surface area contributed by atoms with Crippen molar-refractivity contribution in [1.29, 1.82) is 0 Å². The first kappa shape index (κ1) is 14.6. The Morgan fingerprint density at radius 3 is 2.46 bits per heavy atom. The van der Waals surface area contributed by atoms with Crippen molar-refractivity contribution in [2.24, 2.45) is 7.05 Å². The lowest BCUT2D eigenvalue weighted by Crippen LogP contribution is -2.35. The Morgan fingerprint density at radius 2 is 1.71 bits per heavy atom. The zero-order valence-electron chi connectivity index (χ0n) is 14.2. The van der Waals surface area contributed by atoms with Crippen LogP contribution in [0, 0.1) is 13.8 Å². The third-order valence-corrected chi connectivity index (χ3v) is 4.65. The lowest BCUT2D eigenvalue weighted by Gasteiger charge is -2.10. The number of rotatable bonds is 2. The minimum Gasteiger partial charge on any atom is -0.244 e. The average molecular weight is 316 g/mol. The van der Waals surface area contributed by atoms with Gasteiger partial charge in [0.05, 0.1) is 11.6 Å². The topological polar surface area (TPSA) is 20.9 Å². The van der Waals surface area contributed by atoms with E-state index in [0.29, 0.717) is 0 Å². The van der Waals surface area contributed by atoms with Crippen molar-refractivity contribution in [3.05, 3.63) is 78.3 Å². The molecule has 0 saturated heterocycles. The van der Waals surface area contributed by atoms with Crippen LogP contribution < -0.4 is 9.31 Å². The fourth-order valence-electron chi connectivity index (χ4n) is 3.40. The van der Waals surface area contributed by atoms with E-state index < -0.39 is 0 Å². The molecule has 2 aromatic heterocycles. The van der Waals surface area contributed by atoms with Crippen molar-refractivity contribution in [2.45, 2.75) is 13.8 Å². The summed E-state index contributed by atoms with van der Waals surface area (Å²) < 4.78 is 9.56. The van der Waals surface area contributed by atoms with Crippen molar-refractivity contribution < 1.29 is 13.8 Å². The molecule has 0 aliphatic heterocycles. The molecule has 0 unspecified atom stereocenters. The number of fused-ring (bicyclic) bond motifs is 1. The molecule has 24 heavy (non-hydrogen) atoms. The lowest BCUT2D eigenvalue weighted by molar-refractivity contribution is -0.836. The van der Waals surface area contributed by atoms with Crippen LogP contribution in [0.3, 0.4) is 0 Å². The predicted molar refractivity (Wildman–Crippen MR) is 93.8 cm³/mol. The van der Waals surface area contributed by atoms with Crippen LogP contribution in [0.4, 0.5) is 0 Å². The largest absolute Gasteiger partial charge is 0.262 e. The van der Waals surface area contributed by atoms with Gasteiger partial charge in [-0.25, -0.2) is 4.52 Å². The Labute approximate surface area is 141 Å². The first-order valence-corrected chi connectivity index (χ1v) is 8.11. The Morgan fingerprint density at radius 1 is 0.917 bits per heavy atom. The number of aromatic nitrogens is 2. The number of hydrogen-bond donors (Lipinski definition) is 0. The van der Waals surface area contributed by atoms with Crippen LogP contribution in [0.25, 0.3) is 27.7 Å². The molecule has 118 valence electrons. The molecular formula is C21H20N2O+2. The van der Waals surface area contributed by atoms with Gasteiger partial charge in [-0.15, -0.1) is 0 Å². The van der Waals surface area contributed by atoms with Crippen LogP contribution in [0.2, 0.25) is 0 Å². The van der Waals surface area contributed by atoms with Crippen LogP contribution in [0.15, 0.2) is 71.6 Å². The zero-order chi connectivity index (χ0) is 16.7. The van der Waals surface area contributed by atoms with Crippen molar-refractivity contribution in [3.63, 3.8) is 0 Å². The second-order valence-electron chi connectivity index (χ2n) is 6.12. The van der Waals surface area contributed by atoms with Gasteiger partial charge in [0, 0.05) is 30.7 Å². The summed E-state index contributed by atoms with van der Waals surface area (Å²) in [7, 11) is 1.94. The van der Waals surface area contributed by atoms with Gasteiger partial charge in [-0.2, -0.15) is 4.57 Å². The normalized spacial score (nSPS) is 11.1. The molecule has 0 aliphatic carbocycles. The molecule has 0 fully saturated rings. The highest BCUT2D eigenvalue weighted by atomic mass is 16.5. The van der Waals surface area contributed by atoms with Gasteiger partial charge >= 0.3 is 0 Å². The Balaban J connectivity index is 2.13. The van der Waals surface area contributed by atoms with Gasteiger partial charge < -0.3 is 0 Å². The first-order valence-electron chi connectivity index (χ1n) is 8.11. The summed E-state index contributed by atoms with van der Waals surface area (Å²) in [6, 6.07) is 19.1. The van der Waals surface area contributed by atoms with E-state index in [4.69, 9.17) is 4.52 Å². The molecule has 4 rings (SSSR count). The maximum atomic E-state index is 5.50. The summed E-state index contributed by atoms with van der Waals surface area (Å²) in [6.45, 7) is 4.32. The maximum Gasteiger partial charge on any atom is 0.262 e. The van der Waals surface area contributed by atoms with Gasteiger partial charge in [-0.05, 0) is 22.4 Å². The molecule has 2 heterocycles. The molecule has 0 N–H and O–H groups in total. The van der Waals surface area contributed by atoms with Crippen LogP contribution >= 0.6 is 0 Å². The van der Waals surface area contributed by atoms with Crippen molar-refractivity contribution in [1.82, 2.24) is 0 Å². The third-order valence-electron chi connectivity index (χ3n) is 4.65. The molecule has 3 nitrogen and oxygen atoms in total. The minimum absolute atomic E-state index is 1.08. The van der Waals surface area contributed by atoms with E-state index in [2.05, 4.69) is 73.1 Å². The van der Waals surface area contributed by atoms with E-state index in [1.165, 1.54) is 33.3 Å². The number of aryl methyl sites for hydroxylation is 2. The molecule has 2 aromatic carbocycles. The van der Waals surface area contributed by atoms with E-state index in [1.54, 1.807) is 6.26 Å². The predicted octanol–water partition coefficient (Wildman–Crippen LogP) is 3.82. The van der Waals surface area contributed by atoms with Gasteiger partial charge in [-0.3, -0.25) is 0 Å². The summed E-state index contributed by atoms with van der Waals surface area (Å²) in [6.07, 6.45) is 3.85. The van der Waals surface area contributed by atoms with Crippen LogP contribution in [0.5, 0.6) is 0 Å². The molecular weight excluding hydrogens is 296 g/mol. The zero-order valence-corrected chi connectivity index (χ0v) is 14.2. The SMILES string of the molecule is Cc1c(-[n+]2ccccc2C)cc2ccccc2c1-c1cco[n+]1C. The van der Waals surface area contributed by atoms with E-state index in [-0.39, 0.29) is 0 Å². The quantitative estimate of drug-likeness (QED) is 0.515. The smallest absolute Gasteiger partial charge is 0.244 e. The molecule has 4 aromatic rings. The summed E-state index contributed by atoms with van der Waals surface area (Å²) >= 11 is 0. The standard InChI is InChI=1S/C21H20N2O/c1-15-8-6-7-12-23(15)20-14-17-9-4-5-10-18(17)21(16(20)2)19-11-13-24-22(19)3/h4-14H,1-3H3/q+2. The summed E-state index contributed by atoms with van der Waals surface area (Å²) in [5.74, 6) is 0. The van der Waals surface area contributed by atoms with Crippen molar-refractivity contribution in [2.75, 3.05) is 0 Å². The molecule has 0 radical (unpaired) electrons. The first-order chi connectivity index (χ1) is 11.7. The highest BCUT2D eigenvalue weighted by Gasteiger charge is 2.25. The molecule has 0 aliphatic rings. The van der Waals surface area contributed by atoms with E-state index in [1.807, 2.05) is 17.9 Å². The van der Waals surface area contributed by atoms with Gasteiger partial charge in [0.15, 0.2) is 25.2 Å². The van der Waals surface area contributed by atoms with E-state index >= 15 is 0 Å². The third kappa shape index (κ3) is 2.21. The van der Waals surface area contributed by atoms with E-state index in [9.17, 15) is 0 Å². The highest BCUT2D eigenvalue weighted by Crippen LogP contribution is 2.33. The van der Waals surface area contributed by atoms with Crippen LogP contribution in [0.1, 0.15) is 11.3 Å². The van der Waals surface area contributed by atoms with Gasteiger partial charge in [-0.1, -0.05) is 30.3 Å². The molecule has 0 spiro atoms. The number of hydrogen-bond acceptors (Lipinski definition) is 1. The molecule has 0 saturated carbocycles.